The van der Waals surface area contributed by atoms with E-state index in [9.17, 15) is 4.79 Å². The number of hydrogen-bond acceptors (Lipinski definition) is 3. The minimum Gasteiger partial charge on any atom is -0.359 e. The van der Waals surface area contributed by atoms with Gasteiger partial charge in [0, 0.05) is 17.8 Å². The number of carbonyl (C=O) groups excluding carboxylic acids is 1. The van der Waals surface area contributed by atoms with E-state index in [2.05, 4.69) is 21.3 Å². The van der Waals surface area contributed by atoms with Gasteiger partial charge in [0.2, 0.25) is 0 Å². The molecule has 6 nitrogen and oxygen atoms in total. The number of rotatable bonds is 4. The molecule has 0 bridgehead atoms. The minimum absolute atomic E-state index is 0.167. The number of nitrogens with zero attached hydrogens (tertiary/aromatic N) is 2. The summed E-state index contributed by atoms with van der Waals surface area (Å²) < 4.78 is 1.71. The standard InChI is InChI=1S/C21H23N5OS/c1-14(2)22-21(28)24-23-20(27)18-13-26(16-10-5-4-6-11-16)25-19(18)17-12-8-7-9-15(17)3/h4-14H,1-3H3,(H,23,27)(H2,22,24,28). The molecule has 144 valence electrons. The Kier molecular flexibility index (Phi) is 6.06. The molecule has 1 aromatic heterocycles. The van der Waals surface area contributed by atoms with Crippen LogP contribution in [-0.2, 0) is 0 Å². The largest absolute Gasteiger partial charge is 0.359 e. The molecule has 28 heavy (non-hydrogen) atoms. The van der Waals surface area contributed by atoms with E-state index >= 15 is 0 Å². The first-order chi connectivity index (χ1) is 13.5. The molecule has 0 radical (unpaired) electrons. The van der Waals surface area contributed by atoms with E-state index in [-0.39, 0.29) is 11.9 Å². The van der Waals surface area contributed by atoms with Gasteiger partial charge in [0.25, 0.3) is 5.91 Å². The van der Waals surface area contributed by atoms with Crippen LogP contribution in [0.2, 0.25) is 0 Å². The maximum atomic E-state index is 12.9. The van der Waals surface area contributed by atoms with Gasteiger partial charge >= 0.3 is 0 Å². The maximum Gasteiger partial charge on any atom is 0.273 e. The fraction of sp³-hybridized carbons (Fsp3) is 0.190. The monoisotopic (exact) mass is 393 g/mol. The molecule has 2 aromatic carbocycles. The first-order valence-corrected chi connectivity index (χ1v) is 9.44. The van der Waals surface area contributed by atoms with Gasteiger partial charge in [0.05, 0.1) is 11.3 Å². The second-order valence-electron chi connectivity index (χ2n) is 6.69. The molecule has 3 rings (SSSR count). The topological polar surface area (TPSA) is 71.0 Å². The Morgan fingerprint density at radius 3 is 2.39 bits per heavy atom. The zero-order valence-corrected chi connectivity index (χ0v) is 16.9. The van der Waals surface area contributed by atoms with Crippen LogP contribution >= 0.6 is 12.2 Å². The number of hydrazine groups is 1. The normalized spacial score (nSPS) is 10.6. The number of amides is 1. The third kappa shape index (κ3) is 4.55. The van der Waals surface area contributed by atoms with Gasteiger partial charge in [-0.2, -0.15) is 5.10 Å². The third-order valence-electron chi connectivity index (χ3n) is 4.09. The smallest absolute Gasteiger partial charge is 0.273 e. The van der Waals surface area contributed by atoms with Crippen LogP contribution in [0.1, 0.15) is 29.8 Å². The Balaban J connectivity index is 1.94. The van der Waals surface area contributed by atoms with Gasteiger partial charge in [-0.1, -0.05) is 42.5 Å². The molecule has 0 aliphatic heterocycles. The molecular formula is C21H23N5OS. The number of carbonyl (C=O) groups is 1. The summed E-state index contributed by atoms with van der Waals surface area (Å²) in [5, 5.41) is 8.07. The summed E-state index contributed by atoms with van der Waals surface area (Å²) in [6.07, 6.45) is 1.73. The Hall–Kier alpha value is -3.19. The second-order valence-corrected chi connectivity index (χ2v) is 7.10. The van der Waals surface area contributed by atoms with Crippen molar-refractivity contribution in [3.05, 3.63) is 71.9 Å². The second kappa shape index (κ2) is 8.67. The molecule has 0 fully saturated rings. The van der Waals surface area contributed by atoms with Crippen LogP contribution in [0.3, 0.4) is 0 Å². The van der Waals surface area contributed by atoms with Crippen molar-refractivity contribution < 1.29 is 4.79 Å². The molecule has 0 unspecified atom stereocenters. The zero-order valence-electron chi connectivity index (χ0n) is 16.1. The molecule has 1 amide bonds. The van der Waals surface area contributed by atoms with Crippen molar-refractivity contribution in [1.29, 1.82) is 0 Å². The number of hydrogen-bond donors (Lipinski definition) is 3. The van der Waals surface area contributed by atoms with Crippen LogP contribution in [0, 0.1) is 6.92 Å². The summed E-state index contributed by atoms with van der Waals surface area (Å²) in [5.41, 5.74) is 9.29. The van der Waals surface area contributed by atoms with Crippen molar-refractivity contribution in [2.75, 3.05) is 0 Å². The number of thiocarbonyl (C=S) groups is 1. The summed E-state index contributed by atoms with van der Waals surface area (Å²) in [7, 11) is 0. The highest BCUT2D eigenvalue weighted by molar-refractivity contribution is 7.80. The van der Waals surface area contributed by atoms with E-state index in [1.54, 1.807) is 10.9 Å². The van der Waals surface area contributed by atoms with Gasteiger partial charge in [0.1, 0.15) is 5.69 Å². The summed E-state index contributed by atoms with van der Waals surface area (Å²) in [6.45, 7) is 5.93. The number of aromatic nitrogens is 2. The quantitative estimate of drug-likeness (QED) is 0.468. The van der Waals surface area contributed by atoms with Crippen LogP contribution in [0.15, 0.2) is 60.8 Å². The summed E-state index contributed by atoms with van der Waals surface area (Å²) in [6, 6.07) is 17.7. The predicted octanol–water partition coefficient (Wildman–Crippen LogP) is 3.37. The Morgan fingerprint density at radius 1 is 1.04 bits per heavy atom. The van der Waals surface area contributed by atoms with Crippen LogP contribution in [0.25, 0.3) is 16.9 Å². The van der Waals surface area contributed by atoms with Crippen molar-refractivity contribution in [2.24, 2.45) is 0 Å². The third-order valence-corrected chi connectivity index (χ3v) is 4.31. The van der Waals surface area contributed by atoms with Crippen LogP contribution < -0.4 is 16.2 Å². The highest BCUT2D eigenvalue weighted by Crippen LogP contribution is 2.26. The zero-order chi connectivity index (χ0) is 20.1. The molecular weight excluding hydrogens is 370 g/mol. The van der Waals surface area contributed by atoms with E-state index in [0.29, 0.717) is 16.4 Å². The van der Waals surface area contributed by atoms with Gasteiger partial charge in [-0.3, -0.25) is 15.6 Å². The van der Waals surface area contributed by atoms with Crippen molar-refractivity contribution in [3.8, 4) is 16.9 Å². The van der Waals surface area contributed by atoms with Gasteiger partial charge in [-0.15, -0.1) is 0 Å². The highest BCUT2D eigenvalue weighted by Gasteiger charge is 2.20. The number of aryl methyl sites for hydroxylation is 1. The van der Waals surface area contributed by atoms with Gasteiger partial charge < -0.3 is 5.32 Å². The lowest BCUT2D eigenvalue weighted by Crippen LogP contribution is -2.48. The highest BCUT2D eigenvalue weighted by atomic mass is 32.1. The van der Waals surface area contributed by atoms with Crippen molar-refractivity contribution >= 4 is 23.2 Å². The molecule has 0 saturated carbocycles. The molecule has 1 heterocycles. The molecule has 0 saturated heterocycles. The molecule has 3 N–H and O–H groups in total. The molecule has 0 aliphatic rings. The number of nitrogens with one attached hydrogen (secondary N) is 3. The lowest BCUT2D eigenvalue weighted by Gasteiger charge is -2.13. The lowest BCUT2D eigenvalue weighted by molar-refractivity contribution is 0.0944. The SMILES string of the molecule is Cc1ccccc1-c1nn(-c2ccccc2)cc1C(=O)NNC(=S)NC(C)C. The Morgan fingerprint density at radius 2 is 1.71 bits per heavy atom. The lowest BCUT2D eigenvalue weighted by atomic mass is 10.0. The van der Waals surface area contributed by atoms with Crippen LogP contribution in [0.5, 0.6) is 0 Å². The Labute approximate surface area is 169 Å². The number of benzene rings is 2. The van der Waals surface area contributed by atoms with E-state index in [0.717, 1.165) is 16.8 Å². The first kappa shape index (κ1) is 19.6. The summed E-state index contributed by atoms with van der Waals surface area (Å²) >= 11 is 5.17. The van der Waals surface area contributed by atoms with Gasteiger partial charge in [0.15, 0.2) is 5.11 Å². The first-order valence-electron chi connectivity index (χ1n) is 9.03. The van der Waals surface area contributed by atoms with Crippen LogP contribution in [0.4, 0.5) is 0 Å². The van der Waals surface area contributed by atoms with Crippen LogP contribution in [-0.4, -0.2) is 26.8 Å². The Bertz CT molecular complexity index is 981. The van der Waals surface area contributed by atoms with E-state index < -0.39 is 0 Å². The van der Waals surface area contributed by atoms with Crippen molar-refractivity contribution in [3.63, 3.8) is 0 Å². The van der Waals surface area contributed by atoms with E-state index in [4.69, 9.17) is 12.2 Å². The predicted molar refractivity (Wildman–Crippen MR) is 115 cm³/mol. The van der Waals surface area contributed by atoms with Crippen molar-refractivity contribution in [1.82, 2.24) is 25.9 Å². The maximum absolute atomic E-state index is 12.9. The molecule has 0 spiro atoms. The van der Waals surface area contributed by atoms with E-state index in [1.807, 2.05) is 75.4 Å². The van der Waals surface area contributed by atoms with Crippen molar-refractivity contribution in [2.45, 2.75) is 26.8 Å². The molecule has 7 heteroatoms. The molecule has 3 aromatic rings. The summed E-state index contributed by atoms with van der Waals surface area (Å²) in [4.78, 5) is 12.9. The average molecular weight is 394 g/mol. The van der Waals surface area contributed by atoms with Gasteiger partial charge in [-0.25, -0.2) is 4.68 Å². The fourth-order valence-corrected chi connectivity index (χ4v) is 3.06. The molecule has 0 aliphatic carbocycles. The molecule has 0 atom stereocenters. The average Bonchev–Trinajstić information content (AvgIpc) is 3.12. The number of para-hydroxylation sites is 1. The van der Waals surface area contributed by atoms with E-state index in [1.165, 1.54) is 0 Å². The minimum atomic E-state index is -0.312. The van der Waals surface area contributed by atoms with Gasteiger partial charge in [-0.05, 0) is 50.7 Å². The summed E-state index contributed by atoms with van der Waals surface area (Å²) in [5.74, 6) is -0.312. The fourth-order valence-electron chi connectivity index (χ4n) is 2.77.